The number of hydrogen-bond acceptors (Lipinski definition) is 1. The standard InChI is InChI=1S/C12H24F2O/c1-8(2)10(5)12(13,14)7-15-11(6)9(3)4/h8-11H,7H2,1-6H3/t10-,11-/m1/s1. The van der Waals surface area contributed by atoms with Crippen molar-refractivity contribution < 1.29 is 13.5 Å². The van der Waals surface area contributed by atoms with E-state index < -0.39 is 18.4 Å². The maximum atomic E-state index is 13.6. The third-order valence-electron chi connectivity index (χ3n) is 3.14. The van der Waals surface area contributed by atoms with E-state index in [2.05, 4.69) is 0 Å². The maximum Gasteiger partial charge on any atom is 0.273 e. The molecular weight excluding hydrogens is 198 g/mol. The van der Waals surface area contributed by atoms with Crippen molar-refractivity contribution in [1.82, 2.24) is 0 Å². The van der Waals surface area contributed by atoms with Gasteiger partial charge in [0.05, 0.1) is 6.10 Å². The summed E-state index contributed by atoms with van der Waals surface area (Å²) in [6, 6.07) is 0. The summed E-state index contributed by atoms with van der Waals surface area (Å²) in [5, 5.41) is 0. The Kier molecular flexibility index (Phi) is 5.71. The maximum absolute atomic E-state index is 13.6. The highest BCUT2D eigenvalue weighted by molar-refractivity contribution is 4.76. The number of rotatable bonds is 6. The fourth-order valence-electron chi connectivity index (χ4n) is 1.05. The molecule has 3 heteroatoms. The zero-order valence-electron chi connectivity index (χ0n) is 10.7. The van der Waals surface area contributed by atoms with Gasteiger partial charge in [-0.3, -0.25) is 0 Å². The number of alkyl halides is 2. The van der Waals surface area contributed by atoms with Crippen LogP contribution in [0, 0.1) is 17.8 Å². The van der Waals surface area contributed by atoms with E-state index in [1.807, 2.05) is 34.6 Å². The Morgan fingerprint density at radius 2 is 1.40 bits per heavy atom. The van der Waals surface area contributed by atoms with Gasteiger partial charge < -0.3 is 4.74 Å². The van der Waals surface area contributed by atoms with Crippen molar-refractivity contribution in [2.75, 3.05) is 6.61 Å². The Hall–Kier alpha value is -0.180. The van der Waals surface area contributed by atoms with E-state index in [-0.39, 0.29) is 17.9 Å². The minimum Gasteiger partial charge on any atom is -0.372 e. The molecule has 1 nitrogen and oxygen atoms in total. The van der Waals surface area contributed by atoms with Gasteiger partial charge in [-0.05, 0) is 18.8 Å². The van der Waals surface area contributed by atoms with E-state index in [4.69, 9.17) is 4.74 Å². The third-order valence-corrected chi connectivity index (χ3v) is 3.14. The van der Waals surface area contributed by atoms with E-state index in [0.717, 1.165) is 0 Å². The molecule has 0 aliphatic carbocycles. The lowest BCUT2D eigenvalue weighted by Gasteiger charge is -2.28. The highest BCUT2D eigenvalue weighted by atomic mass is 19.3. The van der Waals surface area contributed by atoms with Crippen LogP contribution in [0.5, 0.6) is 0 Å². The first-order chi connectivity index (χ1) is 6.68. The monoisotopic (exact) mass is 222 g/mol. The van der Waals surface area contributed by atoms with Gasteiger partial charge in [-0.15, -0.1) is 0 Å². The van der Waals surface area contributed by atoms with Crippen molar-refractivity contribution in [3.05, 3.63) is 0 Å². The van der Waals surface area contributed by atoms with E-state index in [0.29, 0.717) is 0 Å². The van der Waals surface area contributed by atoms with Crippen LogP contribution in [-0.2, 0) is 4.74 Å². The average molecular weight is 222 g/mol. The Labute approximate surface area is 92.2 Å². The number of hydrogen-bond donors (Lipinski definition) is 0. The van der Waals surface area contributed by atoms with Gasteiger partial charge >= 0.3 is 0 Å². The van der Waals surface area contributed by atoms with Gasteiger partial charge in [0, 0.05) is 5.92 Å². The molecule has 0 spiro atoms. The lowest BCUT2D eigenvalue weighted by atomic mass is 9.92. The highest BCUT2D eigenvalue weighted by Crippen LogP contribution is 2.31. The topological polar surface area (TPSA) is 9.23 Å². The Bertz CT molecular complexity index is 178. The molecule has 2 atom stereocenters. The summed E-state index contributed by atoms with van der Waals surface area (Å²) >= 11 is 0. The second-order valence-corrected chi connectivity index (χ2v) is 5.05. The fourth-order valence-corrected chi connectivity index (χ4v) is 1.05. The van der Waals surface area contributed by atoms with Gasteiger partial charge in [-0.25, -0.2) is 8.78 Å². The molecule has 0 bridgehead atoms. The zero-order chi connectivity index (χ0) is 12.2. The van der Waals surface area contributed by atoms with Crippen LogP contribution in [0.15, 0.2) is 0 Å². The summed E-state index contributed by atoms with van der Waals surface area (Å²) in [5.41, 5.74) is 0. The molecule has 0 radical (unpaired) electrons. The minimum absolute atomic E-state index is 0.0297. The van der Waals surface area contributed by atoms with Gasteiger partial charge in [0.1, 0.15) is 6.61 Å². The second-order valence-electron chi connectivity index (χ2n) is 5.05. The van der Waals surface area contributed by atoms with Crippen molar-refractivity contribution >= 4 is 0 Å². The summed E-state index contributed by atoms with van der Waals surface area (Å²) in [6.07, 6.45) is -0.116. The van der Waals surface area contributed by atoms with Crippen LogP contribution in [0.25, 0.3) is 0 Å². The van der Waals surface area contributed by atoms with Crippen molar-refractivity contribution in [2.45, 2.75) is 53.6 Å². The molecule has 0 aliphatic rings. The molecule has 0 aromatic heterocycles. The number of ether oxygens (including phenoxy) is 1. The van der Waals surface area contributed by atoms with Crippen molar-refractivity contribution in [3.63, 3.8) is 0 Å². The quantitative estimate of drug-likeness (QED) is 0.660. The van der Waals surface area contributed by atoms with Crippen molar-refractivity contribution in [1.29, 1.82) is 0 Å². The SMILES string of the molecule is CC(C)[C@@H](C)C(F)(F)CO[C@H](C)C(C)C. The smallest absolute Gasteiger partial charge is 0.273 e. The van der Waals surface area contributed by atoms with Crippen LogP contribution in [0.2, 0.25) is 0 Å². The Balaban J connectivity index is 4.15. The highest BCUT2D eigenvalue weighted by Gasteiger charge is 2.38. The molecular formula is C12H24F2O. The van der Waals surface area contributed by atoms with Crippen LogP contribution in [-0.4, -0.2) is 18.6 Å². The molecule has 0 aromatic rings. The normalized spacial score (nSPS) is 17.2. The number of halogens is 2. The van der Waals surface area contributed by atoms with Crippen LogP contribution in [0.4, 0.5) is 8.78 Å². The first-order valence-corrected chi connectivity index (χ1v) is 5.68. The van der Waals surface area contributed by atoms with Gasteiger partial charge in [0.15, 0.2) is 0 Å². The summed E-state index contributed by atoms with van der Waals surface area (Å²) in [5.74, 6) is -3.12. The zero-order valence-corrected chi connectivity index (χ0v) is 10.7. The third kappa shape index (κ3) is 4.92. The van der Waals surface area contributed by atoms with E-state index in [1.165, 1.54) is 0 Å². The predicted octanol–water partition coefficient (Wildman–Crippen LogP) is 3.97. The molecule has 15 heavy (non-hydrogen) atoms. The van der Waals surface area contributed by atoms with Crippen LogP contribution in [0.1, 0.15) is 41.5 Å². The van der Waals surface area contributed by atoms with Crippen LogP contribution in [0.3, 0.4) is 0 Å². The average Bonchev–Trinajstić information content (AvgIpc) is 2.12. The summed E-state index contributed by atoms with van der Waals surface area (Å²) in [7, 11) is 0. The molecule has 0 saturated heterocycles. The minimum atomic E-state index is -2.72. The second kappa shape index (κ2) is 5.78. The Morgan fingerprint density at radius 1 is 0.933 bits per heavy atom. The largest absolute Gasteiger partial charge is 0.372 e. The predicted molar refractivity (Wildman–Crippen MR) is 59.2 cm³/mol. The van der Waals surface area contributed by atoms with Crippen LogP contribution < -0.4 is 0 Å². The van der Waals surface area contributed by atoms with E-state index in [1.54, 1.807) is 6.92 Å². The molecule has 0 amide bonds. The lowest BCUT2D eigenvalue weighted by molar-refractivity contribution is -0.142. The van der Waals surface area contributed by atoms with Crippen molar-refractivity contribution in [2.24, 2.45) is 17.8 Å². The molecule has 0 aromatic carbocycles. The molecule has 0 N–H and O–H groups in total. The van der Waals surface area contributed by atoms with Crippen molar-refractivity contribution in [3.8, 4) is 0 Å². The first-order valence-electron chi connectivity index (χ1n) is 5.68. The summed E-state index contributed by atoms with van der Waals surface area (Å²) in [6.45, 7) is 10.5. The molecule has 0 fully saturated rings. The first kappa shape index (κ1) is 14.8. The van der Waals surface area contributed by atoms with Gasteiger partial charge in [-0.2, -0.15) is 0 Å². The summed E-state index contributed by atoms with van der Waals surface area (Å²) < 4.78 is 32.3. The van der Waals surface area contributed by atoms with Crippen LogP contribution >= 0.6 is 0 Å². The van der Waals surface area contributed by atoms with Gasteiger partial charge in [-0.1, -0.05) is 34.6 Å². The van der Waals surface area contributed by atoms with Gasteiger partial charge in [0.2, 0.25) is 0 Å². The summed E-state index contributed by atoms with van der Waals surface area (Å²) in [4.78, 5) is 0. The molecule has 0 unspecified atom stereocenters. The van der Waals surface area contributed by atoms with E-state index >= 15 is 0 Å². The Morgan fingerprint density at radius 3 is 1.73 bits per heavy atom. The van der Waals surface area contributed by atoms with E-state index in [9.17, 15) is 8.78 Å². The lowest BCUT2D eigenvalue weighted by Crippen LogP contribution is -2.36. The molecule has 0 saturated carbocycles. The molecule has 92 valence electrons. The van der Waals surface area contributed by atoms with Gasteiger partial charge in [0.25, 0.3) is 5.92 Å². The fraction of sp³-hybridized carbons (Fsp3) is 1.00. The molecule has 0 rings (SSSR count). The molecule has 0 heterocycles. The molecule has 0 aliphatic heterocycles.